The molecule has 1 atom stereocenters. The van der Waals surface area contributed by atoms with Crippen LogP contribution in [0, 0.1) is 0 Å². The Balaban J connectivity index is 1.62. The maximum absolute atomic E-state index is 11.8. The number of carbonyl (C=O) groups excluding carboxylic acids is 4. The van der Waals surface area contributed by atoms with Crippen LogP contribution in [0.25, 0.3) is 0 Å². The summed E-state index contributed by atoms with van der Waals surface area (Å²) in [5.74, 6) is -1.99. The molecule has 9 nitrogen and oxygen atoms in total. The smallest absolute Gasteiger partial charge is 0.429 e. The number of benzene rings is 2. The van der Waals surface area contributed by atoms with E-state index in [2.05, 4.69) is 9.47 Å². The molecule has 0 aliphatic heterocycles. The lowest BCUT2D eigenvalue weighted by Crippen LogP contribution is -2.34. The van der Waals surface area contributed by atoms with Crippen LogP contribution in [0.1, 0.15) is 24.0 Å². The quantitative estimate of drug-likeness (QED) is 0.510. The highest BCUT2D eigenvalue weighted by Gasteiger charge is 2.22. The predicted molar refractivity (Wildman–Crippen MR) is 103 cm³/mol. The SMILES string of the molecule is N[C@@H](CCC(=O)OC(=O)OCc1ccccc1)C(=O)OC(=O)OCc1ccccc1. The highest BCUT2D eigenvalue weighted by Crippen LogP contribution is 2.06. The van der Waals surface area contributed by atoms with Gasteiger partial charge in [0.2, 0.25) is 0 Å². The third-order valence-corrected chi connectivity index (χ3v) is 3.74. The van der Waals surface area contributed by atoms with E-state index < -0.39 is 30.3 Å². The number of esters is 2. The molecule has 0 aliphatic carbocycles. The number of ether oxygens (including phenoxy) is 4. The van der Waals surface area contributed by atoms with Crippen molar-refractivity contribution in [3.05, 3.63) is 71.8 Å². The van der Waals surface area contributed by atoms with E-state index in [-0.39, 0.29) is 26.1 Å². The van der Waals surface area contributed by atoms with Crippen molar-refractivity contribution in [3.63, 3.8) is 0 Å². The van der Waals surface area contributed by atoms with E-state index in [1.54, 1.807) is 54.6 Å². The zero-order chi connectivity index (χ0) is 21.8. The summed E-state index contributed by atoms with van der Waals surface area (Å²) in [5.41, 5.74) is 7.02. The molecule has 2 N–H and O–H groups in total. The molecule has 0 amide bonds. The molecule has 0 bridgehead atoms. The first-order valence-electron chi connectivity index (χ1n) is 9.03. The Morgan fingerprint density at radius 1 is 0.733 bits per heavy atom. The lowest BCUT2D eigenvalue weighted by Gasteiger charge is -2.10. The molecule has 2 aromatic carbocycles. The van der Waals surface area contributed by atoms with E-state index in [4.69, 9.17) is 15.2 Å². The van der Waals surface area contributed by atoms with Gasteiger partial charge in [0, 0.05) is 6.42 Å². The molecule has 0 spiro atoms. The highest BCUT2D eigenvalue weighted by molar-refractivity contribution is 5.86. The molecule has 0 radical (unpaired) electrons. The monoisotopic (exact) mass is 415 g/mol. The van der Waals surface area contributed by atoms with E-state index in [0.29, 0.717) is 5.56 Å². The van der Waals surface area contributed by atoms with Gasteiger partial charge >= 0.3 is 24.2 Å². The Morgan fingerprint density at radius 2 is 1.20 bits per heavy atom. The normalized spacial score (nSPS) is 11.1. The van der Waals surface area contributed by atoms with Crippen molar-refractivity contribution < 1.29 is 38.1 Å². The van der Waals surface area contributed by atoms with Crippen molar-refractivity contribution in [1.82, 2.24) is 0 Å². The van der Waals surface area contributed by atoms with Gasteiger partial charge in [-0.15, -0.1) is 0 Å². The Morgan fingerprint density at radius 3 is 1.70 bits per heavy atom. The zero-order valence-corrected chi connectivity index (χ0v) is 16.0. The Hall–Kier alpha value is -3.72. The number of hydrogen-bond donors (Lipinski definition) is 1. The van der Waals surface area contributed by atoms with E-state index in [1.807, 2.05) is 6.07 Å². The van der Waals surface area contributed by atoms with Gasteiger partial charge in [0.05, 0.1) is 0 Å². The van der Waals surface area contributed by atoms with Gasteiger partial charge in [0.15, 0.2) is 0 Å². The summed E-state index contributed by atoms with van der Waals surface area (Å²) in [7, 11) is 0. The van der Waals surface area contributed by atoms with E-state index >= 15 is 0 Å². The fourth-order valence-electron chi connectivity index (χ4n) is 2.18. The van der Waals surface area contributed by atoms with Crippen LogP contribution in [0.4, 0.5) is 9.59 Å². The summed E-state index contributed by atoms with van der Waals surface area (Å²) < 4.78 is 18.5. The van der Waals surface area contributed by atoms with E-state index in [9.17, 15) is 19.2 Å². The van der Waals surface area contributed by atoms with Crippen molar-refractivity contribution in [2.24, 2.45) is 5.73 Å². The molecule has 0 saturated carbocycles. The second kappa shape index (κ2) is 12.0. The topological polar surface area (TPSA) is 131 Å². The van der Waals surface area contributed by atoms with Gasteiger partial charge in [0.25, 0.3) is 0 Å². The van der Waals surface area contributed by atoms with E-state index in [1.165, 1.54) is 0 Å². The summed E-state index contributed by atoms with van der Waals surface area (Å²) in [6.45, 7) is -0.122. The first-order chi connectivity index (χ1) is 14.4. The maximum atomic E-state index is 11.8. The van der Waals surface area contributed by atoms with Gasteiger partial charge in [0.1, 0.15) is 19.3 Å². The highest BCUT2D eigenvalue weighted by atomic mass is 16.7. The largest absolute Gasteiger partial charge is 0.516 e. The van der Waals surface area contributed by atoms with Crippen LogP contribution < -0.4 is 5.73 Å². The molecule has 30 heavy (non-hydrogen) atoms. The summed E-state index contributed by atoms with van der Waals surface area (Å²) in [6, 6.07) is 16.4. The van der Waals surface area contributed by atoms with Crippen LogP contribution >= 0.6 is 0 Å². The maximum Gasteiger partial charge on any atom is 0.516 e. The molecule has 0 saturated heterocycles. The van der Waals surface area contributed by atoms with Crippen LogP contribution in [0.2, 0.25) is 0 Å². The lowest BCUT2D eigenvalue weighted by molar-refractivity contribution is -0.142. The number of rotatable bonds is 8. The van der Waals surface area contributed by atoms with Crippen molar-refractivity contribution >= 4 is 24.2 Å². The van der Waals surface area contributed by atoms with Crippen LogP contribution in [0.15, 0.2) is 60.7 Å². The summed E-state index contributed by atoms with van der Waals surface area (Å²) in [4.78, 5) is 46.4. The van der Waals surface area contributed by atoms with Gasteiger partial charge in [-0.25, -0.2) is 14.4 Å². The van der Waals surface area contributed by atoms with E-state index in [0.717, 1.165) is 5.56 Å². The second-order valence-corrected chi connectivity index (χ2v) is 6.09. The molecular weight excluding hydrogens is 394 g/mol. The third kappa shape index (κ3) is 8.53. The van der Waals surface area contributed by atoms with Crippen molar-refractivity contribution in [2.75, 3.05) is 0 Å². The zero-order valence-electron chi connectivity index (χ0n) is 16.0. The molecule has 0 heterocycles. The Labute approximate surface area is 172 Å². The third-order valence-electron chi connectivity index (χ3n) is 3.74. The summed E-state index contributed by atoms with van der Waals surface area (Å²) >= 11 is 0. The van der Waals surface area contributed by atoms with Gasteiger partial charge in [-0.05, 0) is 17.5 Å². The fourth-order valence-corrected chi connectivity index (χ4v) is 2.18. The van der Waals surface area contributed by atoms with Gasteiger partial charge in [-0.2, -0.15) is 0 Å². The Bertz CT molecular complexity index is 854. The average Bonchev–Trinajstić information content (AvgIpc) is 2.76. The predicted octanol–water partition coefficient (Wildman–Crippen LogP) is 2.85. The second-order valence-electron chi connectivity index (χ2n) is 6.09. The minimum absolute atomic E-state index is 0.0517. The van der Waals surface area contributed by atoms with Gasteiger partial charge in [-0.3, -0.25) is 4.79 Å². The van der Waals surface area contributed by atoms with Crippen molar-refractivity contribution in [1.29, 1.82) is 0 Å². The fraction of sp³-hybridized carbons (Fsp3) is 0.238. The van der Waals surface area contributed by atoms with Crippen LogP contribution in [-0.4, -0.2) is 30.3 Å². The summed E-state index contributed by atoms with van der Waals surface area (Å²) in [5, 5.41) is 0. The molecule has 0 aromatic heterocycles. The van der Waals surface area contributed by atoms with Crippen molar-refractivity contribution in [3.8, 4) is 0 Å². The first-order valence-corrected chi connectivity index (χ1v) is 9.03. The molecule has 0 aliphatic rings. The minimum atomic E-state index is -1.28. The molecule has 2 rings (SSSR count). The van der Waals surface area contributed by atoms with Crippen LogP contribution in [-0.2, 0) is 41.8 Å². The van der Waals surface area contributed by atoms with Gasteiger partial charge in [-0.1, -0.05) is 60.7 Å². The first kappa shape index (κ1) is 22.6. The average molecular weight is 415 g/mol. The molecule has 158 valence electrons. The molecule has 0 unspecified atom stereocenters. The Kier molecular flexibility index (Phi) is 9.01. The lowest BCUT2D eigenvalue weighted by atomic mass is 10.2. The molecule has 2 aromatic rings. The van der Waals surface area contributed by atoms with Crippen molar-refractivity contribution in [2.45, 2.75) is 32.1 Å². The summed E-state index contributed by atoms with van der Waals surface area (Å²) in [6.07, 6.45) is -2.92. The molecule has 0 fully saturated rings. The molecule has 9 heteroatoms. The standard InChI is InChI=1S/C21H21NO8/c22-17(19(24)30-21(26)28-14-16-9-5-2-6-10-16)11-12-18(23)29-20(25)27-13-15-7-3-1-4-8-15/h1-10,17H,11-14,22H2/t17-/m0/s1. The number of carbonyl (C=O) groups is 4. The van der Waals surface area contributed by atoms with Gasteiger partial charge < -0.3 is 24.7 Å². The van der Waals surface area contributed by atoms with Crippen LogP contribution in [0.3, 0.4) is 0 Å². The number of nitrogens with two attached hydrogens (primary N) is 1. The van der Waals surface area contributed by atoms with Crippen LogP contribution in [0.5, 0.6) is 0 Å². The molecular formula is C21H21NO8. The minimum Gasteiger partial charge on any atom is -0.429 e. The number of hydrogen-bond acceptors (Lipinski definition) is 9.